The van der Waals surface area contributed by atoms with Gasteiger partial charge in [0, 0.05) is 18.7 Å². The highest BCUT2D eigenvalue weighted by molar-refractivity contribution is 6.46. The van der Waals surface area contributed by atoms with Crippen LogP contribution in [0.15, 0.2) is 60.7 Å². The van der Waals surface area contributed by atoms with Crippen molar-refractivity contribution in [2.24, 2.45) is 0 Å². The third kappa shape index (κ3) is 4.54. The second-order valence-corrected chi connectivity index (χ2v) is 8.10. The second-order valence-electron chi connectivity index (χ2n) is 8.10. The number of benzene rings is 2. The molecule has 1 N–H and O–H groups in total. The Labute approximate surface area is 197 Å². The average molecular weight is 467 g/mol. The van der Waals surface area contributed by atoms with E-state index in [0.29, 0.717) is 23.7 Å². The average Bonchev–Trinajstić information content (AvgIpc) is 3.45. The second kappa shape index (κ2) is 10.1. The highest BCUT2D eigenvalue weighted by Gasteiger charge is 2.47. The molecule has 0 aromatic heterocycles. The first-order valence-corrected chi connectivity index (χ1v) is 11.0. The molecule has 2 aromatic carbocycles. The molecule has 0 spiro atoms. The zero-order valence-corrected chi connectivity index (χ0v) is 18.8. The molecular formula is C26H26FNO6. The van der Waals surface area contributed by atoms with Gasteiger partial charge in [0.1, 0.15) is 18.2 Å². The van der Waals surface area contributed by atoms with Crippen molar-refractivity contribution in [1.82, 2.24) is 4.90 Å². The summed E-state index contributed by atoms with van der Waals surface area (Å²) in [6.45, 7) is 4.71. The summed E-state index contributed by atoms with van der Waals surface area (Å²) in [5.41, 5.74) is 0.722. The Morgan fingerprint density at radius 3 is 2.65 bits per heavy atom. The fourth-order valence-electron chi connectivity index (χ4n) is 4.31. The summed E-state index contributed by atoms with van der Waals surface area (Å²) in [7, 11) is 1.49. The van der Waals surface area contributed by atoms with E-state index in [4.69, 9.17) is 14.2 Å². The molecule has 8 heteroatoms. The lowest BCUT2D eigenvalue weighted by Crippen LogP contribution is -2.36. The first-order chi connectivity index (χ1) is 16.4. The number of aliphatic hydroxyl groups excluding tert-OH is 1. The molecule has 2 atom stereocenters. The van der Waals surface area contributed by atoms with Crippen molar-refractivity contribution in [3.8, 4) is 11.5 Å². The van der Waals surface area contributed by atoms with Crippen LogP contribution in [0.1, 0.15) is 30.0 Å². The van der Waals surface area contributed by atoms with Gasteiger partial charge in [0.05, 0.1) is 24.8 Å². The first kappa shape index (κ1) is 23.5. The Morgan fingerprint density at radius 2 is 2.00 bits per heavy atom. The van der Waals surface area contributed by atoms with Crippen molar-refractivity contribution in [3.05, 3.63) is 77.6 Å². The summed E-state index contributed by atoms with van der Waals surface area (Å²) < 4.78 is 30.2. The Balaban J connectivity index is 1.82. The van der Waals surface area contributed by atoms with Crippen LogP contribution in [0.2, 0.25) is 0 Å². The fourth-order valence-corrected chi connectivity index (χ4v) is 4.31. The highest BCUT2D eigenvalue weighted by Crippen LogP contribution is 2.42. The number of halogens is 1. The van der Waals surface area contributed by atoms with Crippen molar-refractivity contribution in [1.29, 1.82) is 0 Å². The van der Waals surface area contributed by atoms with Crippen molar-refractivity contribution in [2.75, 3.05) is 26.9 Å². The van der Waals surface area contributed by atoms with Crippen LogP contribution < -0.4 is 9.47 Å². The van der Waals surface area contributed by atoms with E-state index in [1.165, 1.54) is 36.3 Å². The maximum atomic E-state index is 13.4. The lowest BCUT2D eigenvalue weighted by Gasteiger charge is -2.28. The summed E-state index contributed by atoms with van der Waals surface area (Å²) in [6, 6.07) is 9.29. The van der Waals surface area contributed by atoms with E-state index in [1.54, 1.807) is 24.3 Å². The number of carbonyl (C=O) groups excluding carboxylic acids is 2. The molecule has 178 valence electrons. The number of methoxy groups -OCH3 is 1. The van der Waals surface area contributed by atoms with Crippen LogP contribution >= 0.6 is 0 Å². The molecule has 2 unspecified atom stereocenters. The lowest BCUT2D eigenvalue weighted by molar-refractivity contribution is -0.140. The van der Waals surface area contributed by atoms with Gasteiger partial charge in [-0.25, -0.2) is 4.39 Å². The number of aliphatic hydroxyl groups is 1. The quantitative estimate of drug-likeness (QED) is 0.273. The number of rotatable bonds is 8. The number of Topliss-reactive ketones (excluding diaryl/α,β-unsaturated/α-hetero) is 1. The highest BCUT2D eigenvalue weighted by atomic mass is 19.1. The topological polar surface area (TPSA) is 85.3 Å². The zero-order chi connectivity index (χ0) is 24.2. The van der Waals surface area contributed by atoms with Crippen LogP contribution in [0.25, 0.3) is 5.76 Å². The standard InChI is InChI=1S/C26H26FNO6/c1-3-12-34-20-11-8-17(14-21(20)32-2)23-22(24(29)16-6-9-18(27)10-7-16)25(30)26(31)28(23)15-19-5-4-13-33-19/h3,6-11,14,19,23,29H,1,4-5,12-13,15H2,2H3/b24-22+. The SMILES string of the molecule is C=CCOc1ccc(C2/C(=C(\O)c3ccc(F)cc3)C(=O)C(=O)N2CC2CCCO2)cc1OC. The number of hydrogen-bond donors (Lipinski definition) is 1. The summed E-state index contributed by atoms with van der Waals surface area (Å²) >= 11 is 0. The molecule has 2 saturated heterocycles. The van der Waals surface area contributed by atoms with Crippen molar-refractivity contribution < 1.29 is 33.3 Å². The van der Waals surface area contributed by atoms with E-state index in [-0.39, 0.29) is 36.2 Å². The number of nitrogens with zero attached hydrogens (tertiary/aromatic N) is 1. The van der Waals surface area contributed by atoms with Crippen molar-refractivity contribution in [2.45, 2.75) is 25.0 Å². The first-order valence-electron chi connectivity index (χ1n) is 11.0. The predicted molar refractivity (Wildman–Crippen MR) is 123 cm³/mol. The third-order valence-electron chi connectivity index (χ3n) is 5.94. The van der Waals surface area contributed by atoms with Crippen LogP contribution in [-0.2, 0) is 14.3 Å². The maximum absolute atomic E-state index is 13.4. The smallest absolute Gasteiger partial charge is 0.295 e. The summed E-state index contributed by atoms with van der Waals surface area (Å²) in [6.07, 6.45) is 3.04. The summed E-state index contributed by atoms with van der Waals surface area (Å²) in [4.78, 5) is 27.6. The molecule has 2 aliphatic rings. The van der Waals surface area contributed by atoms with Gasteiger partial charge < -0.3 is 24.2 Å². The number of ether oxygens (including phenoxy) is 3. The normalized spacial score (nSPS) is 21.6. The van der Waals surface area contributed by atoms with Gasteiger partial charge in [-0.1, -0.05) is 18.7 Å². The number of carbonyl (C=O) groups is 2. The minimum absolute atomic E-state index is 0.0728. The van der Waals surface area contributed by atoms with E-state index in [0.717, 1.165) is 12.8 Å². The largest absolute Gasteiger partial charge is 0.507 e. The molecule has 34 heavy (non-hydrogen) atoms. The van der Waals surface area contributed by atoms with E-state index < -0.39 is 23.5 Å². The molecule has 4 rings (SSSR count). The van der Waals surface area contributed by atoms with E-state index in [2.05, 4.69) is 6.58 Å². The molecule has 2 heterocycles. The molecule has 7 nitrogen and oxygen atoms in total. The minimum atomic E-state index is -0.878. The fraction of sp³-hybridized carbons (Fsp3) is 0.308. The maximum Gasteiger partial charge on any atom is 0.295 e. The Morgan fingerprint density at radius 1 is 1.24 bits per heavy atom. The van der Waals surface area contributed by atoms with Crippen LogP contribution in [0.5, 0.6) is 11.5 Å². The van der Waals surface area contributed by atoms with E-state index in [9.17, 15) is 19.1 Å². The molecule has 2 aromatic rings. The Kier molecular flexibility index (Phi) is 6.98. The van der Waals surface area contributed by atoms with Gasteiger partial charge in [-0.05, 0) is 54.8 Å². The number of amides is 1. The van der Waals surface area contributed by atoms with Gasteiger partial charge in [0.15, 0.2) is 11.5 Å². The van der Waals surface area contributed by atoms with E-state index >= 15 is 0 Å². The van der Waals surface area contributed by atoms with Crippen LogP contribution in [-0.4, -0.2) is 54.7 Å². The van der Waals surface area contributed by atoms with Gasteiger partial charge in [-0.15, -0.1) is 0 Å². The molecule has 2 aliphatic heterocycles. The molecule has 0 saturated carbocycles. The number of ketones is 1. The number of hydrogen-bond acceptors (Lipinski definition) is 6. The number of likely N-dealkylation sites (tertiary alicyclic amines) is 1. The van der Waals surface area contributed by atoms with Crippen LogP contribution in [0.3, 0.4) is 0 Å². The van der Waals surface area contributed by atoms with Gasteiger partial charge >= 0.3 is 0 Å². The Bertz CT molecular complexity index is 1120. The third-order valence-corrected chi connectivity index (χ3v) is 5.94. The van der Waals surface area contributed by atoms with Gasteiger partial charge in [0.25, 0.3) is 11.7 Å². The lowest BCUT2D eigenvalue weighted by atomic mass is 9.94. The monoisotopic (exact) mass is 467 g/mol. The molecule has 0 radical (unpaired) electrons. The zero-order valence-electron chi connectivity index (χ0n) is 18.8. The minimum Gasteiger partial charge on any atom is -0.507 e. The van der Waals surface area contributed by atoms with Crippen molar-refractivity contribution in [3.63, 3.8) is 0 Å². The van der Waals surface area contributed by atoms with Crippen LogP contribution in [0, 0.1) is 5.82 Å². The van der Waals surface area contributed by atoms with Crippen molar-refractivity contribution >= 4 is 17.4 Å². The van der Waals surface area contributed by atoms with Crippen LogP contribution in [0.4, 0.5) is 4.39 Å². The van der Waals surface area contributed by atoms with Gasteiger partial charge in [0.2, 0.25) is 0 Å². The molecule has 0 bridgehead atoms. The molecule has 2 fully saturated rings. The summed E-state index contributed by atoms with van der Waals surface area (Å²) in [5, 5.41) is 11.1. The Hall–Kier alpha value is -3.65. The van der Waals surface area contributed by atoms with Gasteiger partial charge in [-0.3, -0.25) is 9.59 Å². The van der Waals surface area contributed by atoms with Gasteiger partial charge in [-0.2, -0.15) is 0 Å². The molecule has 1 amide bonds. The summed E-state index contributed by atoms with van der Waals surface area (Å²) in [5.74, 6) is -1.51. The van der Waals surface area contributed by atoms with E-state index in [1.807, 2.05) is 0 Å². The molecule has 0 aliphatic carbocycles. The predicted octanol–water partition coefficient (Wildman–Crippen LogP) is 4.00. The molecular weight excluding hydrogens is 441 g/mol.